The van der Waals surface area contributed by atoms with Crippen LogP contribution in [0.25, 0.3) is 10.9 Å². The second-order valence-electron chi connectivity index (χ2n) is 13.0. The number of Topliss-reactive ketones (excluding diaryl/α,β-unsaturated/α-hetero) is 1. The number of benzene rings is 1. The van der Waals surface area contributed by atoms with Crippen molar-refractivity contribution in [2.45, 2.75) is 90.7 Å². The van der Waals surface area contributed by atoms with Crippen molar-refractivity contribution in [3.05, 3.63) is 29.4 Å². The zero-order chi connectivity index (χ0) is 23.9. The first-order chi connectivity index (χ1) is 16.1. The van der Waals surface area contributed by atoms with Crippen LogP contribution >= 0.6 is 11.6 Å². The van der Waals surface area contributed by atoms with E-state index in [1.165, 1.54) is 32.1 Å². The number of nitrogens with zero attached hydrogens (tertiary/aromatic N) is 2. The Labute approximate surface area is 208 Å². The summed E-state index contributed by atoms with van der Waals surface area (Å²) in [6, 6.07) is 5.77. The van der Waals surface area contributed by atoms with E-state index < -0.39 is 5.60 Å². The monoisotopic (exact) mass is 482 g/mol. The molecule has 4 nitrogen and oxygen atoms in total. The maximum atomic E-state index is 13.7. The number of aliphatic hydroxyl groups is 1. The summed E-state index contributed by atoms with van der Waals surface area (Å²) in [6.07, 6.45) is 12.1. The average molecular weight is 483 g/mol. The van der Waals surface area contributed by atoms with E-state index >= 15 is 0 Å². The van der Waals surface area contributed by atoms with Gasteiger partial charge in [0.2, 0.25) is 0 Å². The summed E-state index contributed by atoms with van der Waals surface area (Å²) in [5.41, 5.74) is 0.991. The highest BCUT2D eigenvalue weighted by Crippen LogP contribution is 2.68. The first-order valence-electron chi connectivity index (χ1n) is 13.5. The quantitative estimate of drug-likeness (QED) is 0.531. The first-order valence-corrected chi connectivity index (χ1v) is 13.8. The van der Waals surface area contributed by atoms with Gasteiger partial charge in [0, 0.05) is 16.3 Å². The number of carbonyl (C=O) groups is 1. The van der Waals surface area contributed by atoms with Gasteiger partial charge in [-0.2, -0.15) is 5.10 Å². The van der Waals surface area contributed by atoms with Crippen molar-refractivity contribution < 1.29 is 9.90 Å². The molecule has 4 saturated carbocycles. The molecule has 0 bridgehead atoms. The van der Waals surface area contributed by atoms with Gasteiger partial charge < -0.3 is 5.11 Å². The Bertz CT molecular complexity index is 1120. The van der Waals surface area contributed by atoms with Crippen molar-refractivity contribution in [2.75, 3.05) is 0 Å². The molecule has 1 aromatic heterocycles. The molecule has 0 spiro atoms. The average Bonchev–Trinajstić information content (AvgIpc) is 3.34. The fourth-order valence-electron chi connectivity index (χ4n) is 9.40. The third-order valence-corrected chi connectivity index (χ3v) is 11.5. The lowest BCUT2D eigenvalue weighted by Gasteiger charge is -2.61. The lowest BCUT2D eigenvalue weighted by atomic mass is 9.44. The molecule has 4 fully saturated rings. The molecule has 6 rings (SSSR count). The fraction of sp³-hybridized carbons (Fsp3) is 0.724. The minimum atomic E-state index is -0.479. The van der Waals surface area contributed by atoms with E-state index in [0.29, 0.717) is 34.6 Å². The van der Waals surface area contributed by atoms with Crippen LogP contribution in [0.2, 0.25) is 5.02 Å². The number of hydrogen-bond donors (Lipinski definition) is 1. The summed E-state index contributed by atoms with van der Waals surface area (Å²) in [4.78, 5) is 13.7. The highest BCUT2D eigenvalue weighted by Gasteiger charge is 2.61. The van der Waals surface area contributed by atoms with Crippen LogP contribution < -0.4 is 0 Å². The number of fused-ring (bicyclic) bond motifs is 6. The number of carbonyl (C=O) groups excluding carboxylic acids is 1. The molecule has 1 heterocycles. The fourth-order valence-corrected chi connectivity index (χ4v) is 9.58. The summed E-state index contributed by atoms with van der Waals surface area (Å²) in [5.74, 6) is 3.32. The molecule has 0 saturated heterocycles. The molecule has 2 aromatic rings. The molecule has 34 heavy (non-hydrogen) atoms. The summed E-state index contributed by atoms with van der Waals surface area (Å²) in [6.45, 7) is 7.38. The van der Waals surface area contributed by atoms with Gasteiger partial charge in [0.05, 0.1) is 17.3 Å². The van der Waals surface area contributed by atoms with E-state index in [9.17, 15) is 9.90 Å². The van der Waals surface area contributed by atoms with Crippen molar-refractivity contribution in [3.63, 3.8) is 0 Å². The second kappa shape index (κ2) is 7.80. The van der Waals surface area contributed by atoms with Crippen molar-refractivity contribution >= 4 is 28.3 Å². The number of halogens is 1. The predicted molar refractivity (Wildman–Crippen MR) is 136 cm³/mol. The lowest BCUT2D eigenvalue weighted by Crippen LogP contribution is -2.55. The predicted octanol–water partition coefficient (Wildman–Crippen LogP) is 6.67. The van der Waals surface area contributed by atoms with Crippen molar-refractivity contribution in [3.8, 4) is 0 Å². The zero-order valence-electron chi connectivity index (χ0n) is 20.9. The Kier molecular flexibility index (Phi) is 5.29. The minimum absolute atomic E-state index is 0.119. The van der Waals surface area contributed by atoms with Crippen LogP contribution in [0.5, 0.6) is 0 Å². The van der Waals surface area contributed by atoms with Gasteiger partial charge >= 0.3 is 0 Å². The highest BCUT2D eigenvalue weighted by atomic mass is 35.5. The molecule has 184 valence electrons. The zero-order valence-corrected chi connectivity index (χ0v) is 21.7. The normalized spacial score (nSPS) is 43.9. The van der Waals surface area contributed by atoms with Gasteiger partial charge in [-0.25, -0.2) is 0 Å². The third-order valence-electron chi connectivity index (χ3n) is 11.3. The molecule has 0 radical (unpaired) electrons. The maximum Gasteiger partial charge on any atom is 0.157 e. The van der Waals surface area contributed by atoms with Crippen molar-refractivity contribution in [1.82, 2.24) is 9.78 Å². The summed E-state index contributed by atoms with van der Waals surface area (Å²) < 4.78 is 1.87. The van der Waals surface area contributed by atoms with Gasteiger partial charge in [0.15, 0.2) is 5.78 Å². The van der Waals surface area contributed by atoms with Crippen LogP contribution in [0.1, 0.15) is 78.6 Å². The van der Waals surface area contributed by atoms with E-state index in [0.717, 1.165) is 48.4 Å². The van der Waals surface area contributed by atoms with E-state index in [4.69, 9.17) is 11.6 Å². The van der Waals surface area contributed by atoms with Crippen LogP contribution in [0.3, 0.4) is 0 Å². The van der Waals surface area contributed by atoms with E-state index in [2.05, 4.69) is 18.9 Å². The Morgan fingerprint density at radius 1 is 1.06 bits per heavy atom. The summed E-state index contributed by atoms with van der Waals surface area (Å²) >= 11 is 6.14. The van der Waals surface area contributed by atoms with Gasteiger partial charge in [0.25, 0.3) is 0 Å². The molecule has 5 heteroatoms. The van der Waals surface area contributed by atoms with E-state index in [1.54, 1.807) is 0 Å². The molecular weight excluding hydrogens is 444 g/mol. The molecule has 0 amide bonds. The number of aromatic nitrogens is 2. The first kappa shape index (κ1) is 23.0. The van der Waals surface area contributed by atoms with Gasteiger partial charge in [-0.1, -0.05) is 25.4 Å². The van der Waals surface area contributed by atoms with Crippen molar-refractivity contribution in [2.24, 2.45) is 40.4 Å². The van der Waals surface area contributed by atoms with E-state index in [-0.39, 0.29) is 11.3 Å². The molecule has 0 aliphatic heterocycles. The van der Waals surface area contributed by atoms with Crippen LogP contribution in [0.4, 0.5) is 0 Å². The number of rotatable bonds is 3. The maximum absolute atomic E-state index is 13.7. The van der Waals surface area contributed by atoms with Gasteiger partial charge in [-0.05, 0) is 117 Å². The molecular formula is C29H39ClN2O2. The van der Waals surface area contributed by atoms with Crippen molar-refractivity contribution in [1.29, 1.82) is 0 Å². The number of hydrogen-bond acceptors (Lipinski definition) is 3. The molecule has 4 aliphatic carbocycles. The van der Waals surface area contributed by atoms with E-state index in [1.807, 2.05) is 36.0 Å². The Hall–Kier alpha value is -1.39. The number of ketones is 1. The summed E-state index contributed by atoms with van der Waals surface area (Å²) in [5, 5.41) is 17.0. The SMILES string of the molecule is CC12CC[C@@](C)(O)CC1CCC1C2CCC2(C)C(C(=O)Cn3ncc4cc(Cl)ccc43)CCC12. The third kappa shape index (κ3) is 3.42. The molecule has 4 aliphatic rings. The minimum Gasteiger partial charge on any atom is -0.390 e. The van der Waals surface area contributed by atoms with Crippen LogP contribution in [-0.4, -0.2) is 26.3 Å². The van der Waals surface area contributed by atoms with Crippen LogP contribution in [0, 0.1) is 40.4 Å². The second-order valence-corrected chi connectivity index (χ2v) is 13.4. The molecule has 1 aromatic carbocycles. The Morgan fingerprint density at radius 2 is 1.85 bits per heavy atom. The molecule has 1 N–H and O–H groups in total. The van der Waals surface area contributed by atoms with Gasteiger partial charge in [-0.3, -0.25) is 9.48 Å². The Morgan fingerprint density at radius 3 is 2.68 bits per heavy atom. The topological polar surface area (TPSA) is 55.1 Å². The van der Waals surface area contributed by atoms with Crippen LogP contribution in [-0.2, 0) is 11.3 Å². The smallest absolute Gasteiger partial charge is 0.157 e. The molecule has 8 atom stereocenters. The standard InChI is InChI=1S/C29H39ClN2O2/c1-27(34)12-13-28(2)19(15-27)4-6-21-22-7-8-24(29(22,3)11-10-23(21)28)26(33)17-32-25-9-5-20(30)14-18(25)16-31-32/h5,9,14,16,19,21-24,34H,4,6-8,10-13,15,17H2,1-3H3/t19?,21?,22?,23?,24?,27-,28?,29?/m1/s1. The Balaban J connectivity index is 1.21. The lowest BCUT2D eigenvalue weighted by molar-refractivity contribution is -0.151. The summed E-state index contributed by atoms with van der Waals surface area (Å²) in [7, 11) is 0. The van der Waals surface area contributed by atoms with Crippen LogP contribution in [0.15, 0.2) is 24.4 Å². The van der Waals surface area contributed by atoms with Gasteiger partial charge in [-0.15, -0.1) is 0 Å². The largest absolute Gasteiger partial charge is 0.390 e. The molecule has 7 unspecified atom stereocenters. The highest BCUT2D eigenvalue weighted by molar-refractivity contribution is 6.31. The van der Waals surface area contributed by atoms with Gasteiger partial charge in [0.1, 0.15) is 6.54 Å².